The van der Waals surface area contributed by atoms with E-state index in [-0.39, 0.29) is 29.2 Å². The van der Waals surface area contributed by atoms with Gasteiger partial charge in [0.05, 0.1) is 17.0 Å². The summed E-state index contributed by atoms with van der Waals surface area (Å²) in [6, 6.07) is 9.50. The molecule has 2 aromatic rings. The summed E-state index contributed by atoms with van der Waals surface area (Å²) in [5, 5.41) is 4.19. The van der Waals surface area contributed by atoms with Crippen LogP contribution in [0.25, 0.3) is 0 Å². The number of anilines is 1. The predicted octanol–water partition coefficient (Wildman–Crippen LogP) is 4.21. The molecule has 0 atom stereocenters. The Hall–Kier alpha value is -2.26. The highest BCUT2D eigenvalue weighted by molar-refractivity contribution is 7.99. The van der Waals surface area contributed by atoms with Crippen molar-refractivity contribution < 1.29 is 27.9 Å². The summed E-state index contributed by atoms with van der Waals surface area (Å²) in [4.78, 5) is 36.0. The van der Waals surface area contributed by atoms with Gasteiger partial charge in [0, 0.05) is 11.3 Å². The number of ether oxygens (including phenoxy) is 1. The molecular weight excluding hydrogens is 384 g/mol. The first-order valence-electron chi connectivity index (χ1n) is 7.51. The molecule has 5 nitrogen and oxygen atoms in total. The highest BCUT2D eigenvalue weighted by atomic mass is 32.2. The maximum atomic E-state index is 12.5. The number of hydrogen-bond acceptors (Lipinski definition) is 6. The maximum absolute atomic E-state index is 12.5. The van der Waals surface area contributed by atoms with Crippen LogP contribution in [0.4, 0.5) is 14.5 Å². The van der Waals surface area contributed by atoms with Crippen LogP contribution in [0.2, 0.25) is 0 Å². The summed E-state index contributed by atoms with van der Waals surface area (Å²) >= 11 is 1.60. The fourth-order valence-corrected chi connectivity index (χ4v) is 3.24. The van der Waals surface area contributed by atoms with Gasteiger partial charge in [-0.1, -0.05) is 30.0 Å². The summed E-state index contributed by atoms with van der Waals surface area (Å²) in [6.45, 7) is -0.556. The number of carbonyl (C=O) groups excluding carboxylic acids is 3. The van der Waals surface area contributed by atoms with Crippen LogP contribution in [0.3, 0.4) is 0 Å². The largest absolute Gasteiger partial charge is 0.456 e. The number of Topliss-reactive ketones (excluding diaryl/α,β-unsaturated/α-hetero) is 1. The van der Waals surface area contributed by atoms with Crippen molar-refractivity contribution in [2.45, 2.75) is 23.5 Å². The average Bonchev–Trinajstić information content (AvgIpc) is 3.14. The second-order valence-electron chi connectivity index (χ2n) is 4.98. The highest BCUT2D eigenvalue weighted by Gasteiger charge is 2.14. The maximum Gasteiger partial charge on any atom is 0.306 e. The van der Waals surface area contributed by atoms with Crippen LogP contribution >= 0.6 is 23.1 Å². The number of carbonyl (C=O) groups is 3. The molecule has 138 valence electrons. The highest BCUT2D eigenvalue weighted by Crippen LogP contribution is 2.31. The normalized spacial score (nSPS) is 10.6. The number of alkyl halides is 2. The molecule has 1 N–H and O–H groups in total. The first-order valence-corrected chi connectivity index (χ1v) is 9.27. The molecular formula is C17H15F2NO4S2. The number of benzene rings is 1. The smallest absolute Gasteiger partial charge is 0.306 e. The molecule has 2 rings (SSSR count). The molecule has 1 amide bonds. The Kier molecular flexibility index (Phi) is 7.73. The number of para-hydroxylation sites is 1. The number of nitrogens with one attached hydrogen (secondary N) is 1. The van der Waals surface area contributed by atoms with E-state index in [1.54, 1.807) is 29.6 Å². The topological polar surface area (TPSA) is 72.5 Å². The molecule has 1 heterocycles. The molecule has 0 spiro atoms. The van der Waals surface area contributed by atoms with Gasteiger partial charge in [-0.05, 0) is 23.6 Å². The van der Waals surface area contributed by atoms with Crippen LogP contribution in [0, 0.1) is 0 Å². The molecule has 0 aliphatic carbocycles. The first-order chi connectivity index (χ1) is 12.5. The lowest BCUT2D eigenvalue weighted by Gasteiger charge is -2.10. The number of halogens is 2. The second-order valence-corrected chi connectivity index (χ2v) is 6.96. The average molecular weight is 399 g/mol. The van der Waals surface area contributed by atoms with Gasteiger partial charge in [0.15, 0.2) is 12.4 Å². The van der Waals surface area contributed by atoms with Gasteiger partial charge in [-0.15, -0.1) is 11.3 Å². The number of thiophene rings is 1. The third kappa shape index (κ3) is 6.57. The number of esters is 1. The lowest BCUT2D eigenvalue weighted by molar-refractivity contribution is -0.147. The summed E-state index contributed by atoms with van der Waals surface area (Å²) in [5.41, 5.74) is 0.215. The standard InChI is InChI=1S/C17H15F2NO4S2/c18-17(19)26-13-5-2-1-4-11(13)20-15(22)10-24-16(23)8-7-12(21)14-6-3-9-25-14/h1-6,9,17H,7-8,10H2,(H,20,22). The van der Waals surface area contributed by atoms with Gasteiger partial charge in [0.25, 0.3) is 11.7 Å². The molecule has 0 fully saturated rings. The molecule has 0 bridgehead atoms. The zero-order valence-electron chi connectivity index (χ0n) is 13.4. The van der Waals surface area contributed by atoms with E-state index in [4.69, 9.17) is 4.74 Å². The van der Waals surface area contributed by atoms with Gasteiger partial charge in [-0.25, -0.2) is 0 Å². The molecule has 1 aromatic heterocycles. The van der Waals surface area contributed by atoms with E-state index in [9.17, 15) is 23.2 Å². The molecule has 1 aromatic carbocycles. The van der Waals surface area contributed by atoms with Crippen LogP contribution < -0.4 is 5.32 Å². The zero-order chi connectivity index (χ0) is 18.9. The predicted molar refractivity (Wildman–Crippen MR) is 95.8 cm³/mol. The Morgan fingerprint density at radius 1 is 1.12 bits per heavy atom. The number of hydrogen-bond donors (Lipinski definition) is 1. The van der Waals surface area contributed by atoms with E-state index in [1.165, 1.54) is 23.5 Å². The summed E-state index contributed by atoms with van der Waals surface area (Å²) in [6.07, 6.45) is -0.142. The Morgan fingerprint density at radius 2 is 1.88 bits per heavy atom. The van der Waals surface area contributed by atoms with Crippen LogP contribution in [0.15, 0.2) is 46.7 Å². The SMILES string of the molecule is O=C(COC(=O)CCC(=O)c1cccs1)Nc1ccccc1SC(F)F. The van der Waals surface area contributed by atoms with Crippen LogP contribution in [-0.2, 0) is 14.3 Å². The van der Waals surface area contributed by atoms with Gasteiger partial charge in [-0.2, -0.15) is 8.78 Å². The van der Waals surface area contributed by atoms with Crippen molar-refractivity contribution in [3.63, 3.8) is 0 Å². The Balaban J connectivity index is 1.76. The lowest BCUT2D eigenvalue weighted by Crippen LogP contribution is -2.21. The van der Waals surface area contributed by atoms with Crippen molar-refractivity contribution in [3.05, 3.63) is 46.7 Å². The Morgan fingerprint density at radius 3 is 2.58 bits per heavy atom. The molecule has 0 saturated heterocycles. The van der Waals surface area contributed by atoms with Crippen molar-refractivity contribution in [3.8, 4) is 0 Å². The van der Waals surface area contributed by atoms with Crippen molar-refractivity contribution in [1.82, 2.24) is 0 Å². The van der Waals surface area contributed by atoms with Crippen LogP contribution in [0.5, 0.6) is 0 Å². The van der Waals surface area contributed by atoms with E-state index in [2.05, 4.69) is 5.32 Å². The number of ketones is 1. The molecule has 0 aliphatic heterocycles. The Bertz CT molecular complexity index is 766. The summed E-state index contributed by atoms with van der Waals surface area (Å²) in [5.74, 6) is -4.11. The monoisotopic (exact) mass is 399 g/mol. The van der Waals surface area contributed by atoms with E-state index < -0.39 is 24.2 Å². The van der Waals surface area contributed by atoms with Crippen molar-refractivity contribution in [1.29, 1.82) is 0 Å². The lowest BCUT2D eigenvalue weighted by atomic mass is 10.2. The van der Waals surface area contributed by atoms with E-state index >= 15 is 0 Å². The van der Waals surface area contributed by atoms with Gasteiger partial charge >= 0.3 is 5.97 Å². The first kappa shape index (κ1) is 20.1. The Labute approximate surface area is 156 Å². The van der Waals surface area contributed by atoms with E-state index in [1.807, 2.05) is 0 Å². The minimum Gasteiger partial charge on any atom is -0.456 e. The van der Waals surface area contributed by atoms with Crippen LogP contribution in [-0.4, -0.2) is 30.0 Å². The number of amides is 1. The third-order valence-electron chi connectivity index (χ3n) is 3.09. The molecule has 26 heavy (non-hydrogen) atoms. The van der Waals surface area contributed by atoms with Crippen molar-refractivity contribution >= 4 is 46.4 Å². The second kappa shape index (κ2) is 10.0. The molecule has 0 unspecified atom stereocenters. The van der Waals surface area contributed by atoms with Gasteiger partial charge in [-0.3, -0.25) is 14.4 Å². The van der Waals surface area contributed by atoms with E-state index in [0.717, 1.165) is 0 Å². The fourth-order valence-electron chi connectivity index (χ4n) is 1.95. The van der Waals surface area contributed by atoms with Crippen LogP contribution in [0.1, 0.15) is 22.5 Å². The summed E-state index contributed by atoms with van der Waals surface area (Å²) < 4.78 is 29.8. The molecule has 0 aliphatic rings. The number of thioether (sulfide) groups is 1. The molecule has 0 radical (unpaired) electrons. The zero-order valence-corrected chi connectivity index (χ0v) is 15.1. The van der Waals surface area contributed by atoms with Gasteiger partial charge in [0.2, 0.25) is 0 Å². The quantitative estimate of drug-likeness (QED) is 0.389. The molecule has 9 heteroatoms. The van der Waals surface area contributed by atoms with Gasteiger partial charge in [0.1, 0.15) is 0 Å². The minimum atomic E-state index is -2.62. The number of rotatable bonds is 9. The fraction of sp³-hybridized carbons (Fsp3) is 0.235. The summed E-state index contributed by atoms with van der Waals surface area (Å²) in [7, 11) is 0. The third-order valence-corrected chi connectivity index (χ3v) is 4.79. The van der Waals surface area contributed by atoms with Crippen molar-refractivity contribution in [2.75, 3.05) is 11.9 Å². The van der Waals surface area contributed by atoms with Crippen molar-refractivity contribution in [2.24, 2.45) is 0 Å². The van der Waals surface area contributed by atoms with Gasteiger partial charge < -0.3 is 10.1 Å². The molecule has 0 saturated carbocycles. The minimum absolute atomic E-state index is 0.00513. The van der Waals surface area contributed by atoms with E-state index in [0.29, 0.717) is 16.6 Å².